The molecule has 0 saturated heterocycles. The van der Waals surface area contributed by atoms with Crippen LogP contribution in [0.5, 0.6) is 0 Å². The molecule has 0 saturated carbocycles. The van der Waals surface area contributed by atoms with E-state index < -0.39 is 10.0 Å². The smallest absolute Gasteiger partial charge is 0.240 e. The lowest BCUT2D eigenvalue weighted by molar-refractivity contribution is 0.588. The number of rotatable bonds is 5. The van der Waals surface area contributed by atoms with Gasteiger partial charge in [-0.25, -0.2) is 18.1 Å². The van der Waals surface area contributed by atoms with Gasteiger partial charge in [0.25, 0.3) is 0 Å². The molecule has 0 atom stereocenters. The minimum Gasteiger partial charge on any atom is -0.398 e. The van der Waals surface area contributed by atoms with Gasteiger partial charge in [0.1, 0.15) is 5.82 Å². The van der Waals surface area contributed by atoms with Gasteiger partial charge in [-0.05, 0) is 36.8 Å². The Hall–Kier alpha value is -1.16. The number of aryl methyl sites for hydroxylation is 1. The minimum atomic E-state index is -3.47. The van der Waals surface area contributed by atoms with Crippen LogP contribution in [0.1, 0.15) is 12.7 Å². The molecule has 0 aliphatic rings. The van der Waals surface area contributed by atoms with Crippen LogP contribution in [-0.4, -0.2) is 24.8 Å². The van der Waals surface area contributed by atoms with Gasteiger partial charge in [-0.1, -0.05) is 18.7 Å². The first-order chi connectivity index (χ1) is 9.46. The van der Waals surface area contributed by atoms with Gasteiger partial charge < -0.3 is 5.73 Å². The number of hydrogen-bond acceptors (Lipinski definition) is 7. The average Bonchev–Trinajstić information content (AvgIpc) is 2.88. The number of nitrogen functional groups attached to an aromatic ring is 1. The number of hydrogen-bond donors (Lipinski definition) is 2. The summed E-state index contributed by atoms with van der Waals surface area (Å²) >= 11 is 2.69. The highest BCUT2D eigenvalue weighted by molar-refractivity contribution is 8.01. The molecule has 0 spiro atoms. The van der Waals surface area contributed by atoms with Crippen molar-refractivity contribution in [2.45, 2.75) is 27.5 Å². The fraction of sp³-hybridized carbons (Fsp3) is 0.273. The van der Waals surface area contributed by atoms with E-state index in [1.54, 1.807) is 6.07 Å². The van der Waals surface area contributed by atoms with E-state index in [4.69, 9.17) is 5.73 Å². The Morgan fingerprint density at radius 2 is 2.20 bits per heavy atom. The third-order valence-corrected chi connectivity index (χ3v) is 5.82. The number of anilines is 1. The van der Waals surface area contributed by atoms with Gasteiger partial charge in [0, 0.05) is 17.0 Å². The van der Waals surface area contributed by atoms with Crippen LogP contribution in [0.4, 0.5) is 5.69 Å². The number of sulfonamides is 1. The highest BCUT2D eigenvalue weighted by Gasteiger charge is 2.14. The summed E-state index contributed by atoms with van der Waals surface area (Å²) in [6.45, 7) is 1.99. The molecule has 1 aromatic heterocycles. The molecule has 3 N–H and O–H groups in total. The topological polar surface area (TPSA) is 98.0 Å². The summed E-state index contributed by atoms with van der Waals surface area (Å²) in [6.07, 6.45) is 0.784. The second-order valence-corrected chi connectivity index (χ2v) is 7.77. The van der Waals surface area contributed by atoms with Crippen molar-refractivity contribution in [3.63, 3.8) is 0 Å². The van der Waals surface area contributed by atoms with Crippen molar-refractivity contribution in [3.8, 4) is 0 Å². The molecule has 0 fully saturated rings. The number of aromatic nitrogens is 2. The monoisotopic (exact) mass is 330 g/mol. The molecule has 20 heavy (non-hydrogen) atoms. The van der Waals surface area contributed by atoms with E-state index in [2.05, 4.69) is 14.1 Å². The van der Waals surface area contributed by atoms with Crippen LogP contribution in [0.2, 0.25) is 0 Å². The SMILES string of the molecule is CCc1nsc(Sc2ccc(S(=O)(=O)NC)cc2N)n1. The van der Waals surface area contributed by atoms with Gasteiger partial charge in [-0.3, -0.25) is 0 Å². The molecule has 0 aliphatic carbocycles. The third-order valence-electron chi connectivity index (χ3n) is 2.52. The normalized spacial score (nSPS) is 11.7. The van der Waals surface area contributed by atoms with Crippen LogP contribution in [-0.2, 0) is 16.4 Å². The van der Waals surface area contributed by atoms with Gasteiger partial charge in [-0.2, -0.15) is 4.37 Å². The van der Waals surface area contributed by atoms with Crippen molar-refractivity contribution in [1.82, 2.24) is 14.1 Å². The lowest BCUT2D eigenvalue weighted by atomic mass is 10.3. The first kappa shape index (κ1) is 15.2. The second kappa shape index (κ2) is 6.08. The maximum Gasteiger partial charge on any atom is 0.240 e. The van der Waals surface area contributed by atoms with Crippen molar-refractivity contribution < 1.29 is 8.42 Å². The van der Waals surface area contributed by atoms with Crippen LogP contribution < -0.4 is 10.5 Å². The van der Waals surface area contributed by atoms with E-state index >= 15 is 0 Å². The lowest BCUT2D eigenvalue weighted by Crippen LogP contribution is -2.18. The summed E-state index contributed by atoms with van der Waals surface area (Å²) < 4.78 is 30.6. The molecule has 0 aliphatic heterocycles. The molecule has 2 aromatic rings. The zero-order chi connectivity index (χ0) is 14.8. The van der Waals surface area contributed by atoms with Crippen LogP contribution in [0, 0.1) is 0 Å². The first-order valence-corrected chi connectivity index (χ1v) is 8.87. The van der Waals surface area contributed by atoms with Gasteiger partial charge in [-0.15, -0.1) is 0 Å². The Balaban J connectivity index is 2.26. The summed E-state index contributed by atoms with van der Waals surface area (Å²) in [5.41, 5.74) is 6.31. The molecule has 1 aromatic carbocycles. The fourth-order valence-electron chi connectivity index (χ4n) is 1.42. The molecule has 1 heterocycles. The fourth-order valence-corrected chi connectivity index (χ4v) is 3.87. The van der Waals surface area contributed by atoms with Crippen molar-refractivity contribution in [2.75, 3.05) is 12.8 Å². The molecule has 6 nitrogen and oxygen atoms in total. The maximum absolute atomic E-state index is 11.7. The predicted octanol–water partition coefficient (Wildman–Crippen LogP) is 1.74. The Labute approximate surface area is 126 Å². The Morgan fingerprint density at radius 1 is 1.45 bits per heavy atom. The molecule has 9 heteroatoms. The van der Waals surface area contributed by atoms with Gasteiger partial charge in [0.05, 0.1) is 4.90 Å². The van der Waals surface area contributed by atoms with Crippen molar-refractivity contribution in [2.24, 2.45) is 0 Å². The van der Waals surface area contributed by atoms with E-state index in [1.165, 1.54) is 42.5 Å². The largest absolute Gasteiger partial charge is 0.398 e. The molecule has 108 valence electrons. The molecule has 2 rings (SSSR count). The predicted molar refractivity (Wildman–Crippen MR) is 80.5 cm³/mol. The molecule has 0 radical (unpaired) electrons. The molecular formula is C11H14N4O2S3. The number of nitrogens with zero attached hydrogens (tertiary/aromatic N) is 2. The number of nitrogens with one attached hydrogen (secondary N) is 1. The third kappa shape index (κ3) is 3.29. The van der Waals surface area contributed by atoms with Crippen LogP contribution in [0.25, 0.3) is 0 Å². The Kier molecular flexibility index (Phi) is 4.63. The summed E-state index contributed by atoms with van der Waals surface area (Å²) in [5.74, 6) is 0.797. The zero-order valence-electron chi connectivity index (χ0n) is 11.0. The summed E-state index contributed by atoms with van der Waals surface area (Å²) in [7, 11) is -2.11. The van der Waals surface area contributed by atoms with E-state index in [9.17, 15) is 8.42 Å². The Bertz CT molecular complexity index is 712. The van der Waals surface area contributed by atoms with Crippen LogP contribution in [0.15, 0.2) is 32.3 Å². The summed E-state index contributed by atoms with van der Waals surface area (Å²) in [5, 5.41) is 0. The highest BCUT2D eigenvalue weighted by Crippen LogP contribution is 2.34. The standard InChI is InChI=1S/C11H14N4O2S3/c1-3-10-14-11(19-15-10)18-9-5-4-7(6-8(9)12)20(16,17)13-2/h4-6,13H,3,12H2,1-2H3. The molecule has 0 amide bonds. The van der Waals surface area contributed by atoms with Gasteiger partial charge in [0.2, 0.25) is 10.0 Å². The van der Waals surface area contributed by atoms with Gasteiger partial charge in [0.15, 0.2) is 4.34 Å². The van der Waals surface area contributed by atoms with Crippen molar-refractivity contribution >= 4 is 39.0 Å². The van der Waals surface area contributed by atoms with Gasteiger partial charge >= 0.3 is 0 Å². The second-order valence-electron chi connectivity index (χ2n) is 3.84. The zero-order valence-corrected chi connectivity index (χ0v) is 13.4. The van der Waals surface area contributed by atoms with Crippen molar-refractivity contribution in [1.29, 1.82) is 0 Å². The quantitative estimate of drug-likeness (QED) is 0.810. The lowest BCUT2D eigenvalue weighted by Gasteiger charge is -2.06. The van der Waals surface area contributed by atoms with Crippen LogP contribution >= 0.6 is 23.3 Å². The minimum absolute atomic E-state index is 0.147. The van der Waals surface area contributed by atoms with E-state index in [0.717, 1.165) is 21.5 Å². The van der Waals surface area contributed by atoms with E-state index in [-0.39, 0.29) is 4.90 Å². The van der Waals surface area contributed by atoms with Crippen molar-refractivity contribution in [3.05, 3.63) is 24.0 Å². The van der Waals surface area contributed by atoms with E-state index in [0.29, 0.717) is 5.69 Å². The number of benzene rings is 1. The average molecular weight is 330 g/mol. The molecular weight excluding hydrogens is 316 g/mol. The van der Waals surface area contributed by atoms with E-state index in [1.807, 2.05) is 6.92 Å². The molecule has 0 bridgehead atoms. The highest BCUT2D eigenvalue weighted by atomic mass is 32.2. The summed E-state index contributed by atoms with van der Waals surface area (Å²) in [6, 6.07) is 4.64. The Morgan fingerprint density at radius 3 is 2.75 bits per heavy atom. The first-order valence-electron chi connectivity index (χ1n) is 5.79. The van der Waals surface area contributed by atoms with Crippen LogP contribution in [0.3, 0.4) is 0 Å². The maximum atomic E-state index is 11.7. The summed E-state index contributed by atoms with van der Waals surface area (Å²) in [4.78, 5) is 5.25. The molecule has 0 unspecified atom stereocenters. The number of nitrogens with two attached hydrogens (primary N) is 1.